The van der Waals surface area contributed by atoms with E-state index >= 15 is 0 Å². The zero-order valence-electron chi connectivity index (χ0n) is 18.0. The second-order valence-corrected chi connectivity index (χ2v) is 7.17. The lowest BCUT2D eigenvalue weighted by Gasteiger charge is -2.27. The van der Waals surface area contributed by atoms with E-state index in [2.05, 4.69) is 15.6 Å². The van der Waals surface area contributed by atoms with E-state index in [4.69, 9.17) is 23.5 Å². The van der Waals surface area contributed by atoms with Crippen molar-refractivity contribution in [2.75, 3.05) is 51.6 Å². The molecule has 11 heteroatoms. The monoisotopic (exact) mass is 435 g/mol. The number of aliphatic imine (C=N–C) groups is 1. The molecule has 1 aliphatic heterocycles. The van der Waals surface area contributed by atoms with Gasteiger partial charge in [-0.1, -0.05) is 26.0 Å². The van der Waals surface area contributed by atoms with Crippen LogP contribution in [0.4, 0.5) is 5.88 Å². The van der Waals surface area contributed by atoms with Gasteiger partial charge < -0.3 is 29.4 Å². The van der Waals surface area contributed by atoms with Crippen molar-refractivity contribution < 1.29 is 33.4 Å². The molecule has 0 spiro atoms. The smallest absolute Gasteiger partial charge is 0.326 e. The number of morpholine rings is 1. The standard InChI is InChI=1S/C20H29N5O6/c1-15(2)21-12-16(14-29-18-7-5-4-6-17(18)27-3)30-20(26)22-19-13-25(23-31-19)24-8-10-28-11-9-24/h4-7,13,15-16,21H,8-12,14H2,1-3H3. The number of benzene rings is 1. The second kappa shape index (κ2) is 11.4. The van der Waals surface area contributed by atoms with Gasteiger partial charge in [0, 0.05) is 12.6 Å². The number of rotatable bonds is 10. The van der Waals surface area contributed by atoms with Crippen molar-refractivity contribution in [1.82, 2.24) is 10.6 Å². The summed E-state index contributed by atoms with van der Waals surface area (Å²) in [5, 5.41) is 21.4. The van der Waals surface area contributed by atoms with Crippen molar-refractivity contribution in [3.05, 3.63) is 30.5 Å². The Morgan fingerprint density at radius 2 is 2.03 bits per heavy atom. The van der Waals surface area contributed by atoms with Gasteiger partial charge in [0.15, 0.2) is 17.6 Å². The van der Waals surface area contributed by atoms with Crippen LogP contribution in [0.3, 0.4) is 0 Å². The first-order valence-corrected chi connectivity index (χ1v) is 10.2. The van der Waals surface area contributed by atoms with Gasteiger partial charge in [-0.05, 0) is 12.1 Å². The van der Waals surface area contributed by atoms with Crippen molar-refractivity contribution >= 4 is 12.0 Å². The van der Waals surface area contributed by atoms with E-state index in [1.165, 1.54) is 11.0 Å². The highest BCUT2D eigenvalue weighted by atomic mass is 16.6. The molecule has 1 aliphatic rings. The summed E-state index contributed by atoms with van der Waals surface area (Å²) in [4.78, 5) is 5.36. The molecule has 1 unspecified atom stereocenters. The van der Waals surface area contributed by atoms with Crippen LogP contribution in [0.5, 0.6) is 11.5 Å². The normalized spacial score (nSPS) is 15.7. The fourth-order valence-electron chi connectivity index (χ4n) is 2.85. The maximum atomic E-state index is 12.4. The predicted molar refractivity (Wildman–Crippen MR) is 109 cm³/mol. The first-order chi connectivity index (χ1) is 15.0. The van der Waals surface area contributed by atoms with E-state index in [0.717, 1.165) is 0 Å². The topological polar surface area (TPSA) is 118 Å². The molecule has 3 rings (SSSR count). The van der Waals surface area contributed by atoms with Crippen LogP contribution in [-0.2, 0) is 9.47 Å². The Morgan fingerprint density at radius 1 is 1.29 bits per heavy atom. The van der Waals surface area contributed by atoms with E-state index in [1.54, 1.807) is 19.2 Å². The Kier molecular flexibility index (Phi) is 8.30. The molecule has 1 aromatic carbocycles. The molecular weight excluding hydrogens is 406 g/mol. The Bertz CT molecular complexity index is 837. The number of aromatic nitrogens is 2. The molecule has 0 bridgehead atoms. The molecule has 0 radical (unpaired) electrons. The van der Waals surface area contributed by atoms with Gasteiger partial charge in [0.05, 0.1) is 44.3 Å². The molecular formula is C20H29N5O6. The molecule has 170 valence electrons. The minimum atomic E-state index is -0.788. The van der Waals surface area contributed by atoms with Crippen molar-refractivity contribution in [3.63, 3.8) is 0 Å². The minimum Gasteiger partial charge on any atom is -0.592 e. The quantitative estimate of drug-likeness (QED) is 0.306. The van der Waals surface area contributed by atoms with Gasteiger partial charge in [0.1, 0.15) is 6.61 Å². The summed E-state index contributed by atoms with van der Waals surface area (Å²) in [6.45, 7) is 7.08. The molecule has 2 heterocycles. The zero-order chi connectivity index (χ0) is 22.1. The van der Waals surface area contributed by atoms with Gasteiger partial charge in [-0.25, -0.2) is 0 Å². The molecule has 1 atom stereocenters. The molecule has 0 aliphatic carbocycles. The van der Waals surface area contributed by atoms with Crippen molar-refractivity contribution in [2.45, 2.75) is 26.0 Å². The maximum absolute atomic E-state index is 12.4. The highest BCUT2D eigenvalue weighted by molar-refractivity contribution is 5.65. The number of methoxy groups -OCH3 is 1. The number of nitrogens with zero attached hydrogens (tertiary/aromatic N) is 4. The van der Waals surface area contributed by atoms with Crippen molar-refractivity contribution in [1.29, 1.82) is 0 Å². The number of hydrogen-bond donors (Lipinski definition) is 1. The zero-order valence-corrected chi connectivity index (χ0v) is 18.0. The molecule has 11 nitrogen and oxygen atoms in total. The molecule has 1 fully saturated rings. The van der Waals surface area contributed by atoms with E-state index in [9.17, 15) is 5.11 Å². The lowest BCUT2D eigenvalue weighted by Crippen LogP contribution is -2.62. The van der Waals surface area contributed by atoms with Crippen molar-refractivity contribution in [2.24, 2.45) is 4.99 Å². The summed E-state index contributed by atoms with van der Waals surface area (Å²) >= 11 is 0. The molecule has 1 N–H and O–H groups in total. The van der Waals surface area contributed by atoms with Crippen molar-refractivity contribution in [3.8, 4) is 11.5 Å². The molecule has 31 heavy (non-hydrogen) atoms. The summed E-state index contributed by atoms with van der Waals surface area (Å²) in [5.74, 6) is 1.22. The van der Waals surface area contributed by atoms with E-state index in [1.807, 2.05) is 31.0 Å². The van der Waals surface area contributed by atoms with Crippen LogP contribution in [0.2, 0.25) is 0 Å². The maximum Gasteiger partial charge on any atom is 0.326 e. The average molecular weight is 435 g/mol. The molecule has 0 amide bonds. The number of nitrogens with one attached hydrogen (secondary N) is 1. The summed E-state index contributed by atoms with van der Waals surface area (Å²) in [6.07, 6.45) is 0.168. The van der Waals surface area contributed by atoms with Gasteiger partial charge in [0.25, 0.3) is 6.20 Å². The van der Waals surface area contributed by atoms with Gasteiger partial charge in [-0.3, -0.25) is 4.52 Å². The van der Waals surface area contributed by atoms with E-state index in [0.29, 0.717) is 44.3 Å². The highest BCUT2D eigenvalue weighted by Gasteiger charge is 2.22. The Morgan fingerprint density at radius 3 is 2.74 bits per heavy atom. The van der Waals surface area contributed by atoms with Crippen LogP contribution in [0, 0.1) is 0 Å². The fourth-order valence-corrected chi connectivity index (χ4v) is 2.85. The first-order valence-electron chi connectivity index (χ1n) is 10.2. The minimum absolute atomic E-state index is 0.0534. The fraction of sp³-hybridized carbons (Fsp3) is 0.550. The Labute approximate surface area is 181 Å². The third-order valence-corrected chi connectivity index (χ3v) is 4.44. The third kappa shape index (κ3) is 7.00. The Balaban J connectivity index is 1.61. The predicted octanol–water partition coefficient (Wildman–Crippen LogP) is -0.251. The lowest BCUT2D eigenvalue weighted by atomic mass is 10.3. The second-order valence-electron chi connectivity index (χ2n) is 7.17. The SMILES string of the molecule is COc1ccccc1OCC(CNC(C)C)O/C([O-])=N/c1c[n+](N2CCOCC2)no1. The summed E-state index contributed by atoms with van der Waals surface area (Å²) < 4.78 is 27.0. The largest absolute Gasteiger partial charge is 0.592 e. The summed E-state index contributed by atoms with van der Waals surface area (Å²) in [5.41, 5.74) is 0. The van der Waals surface area contributed by atoms with Crippen LogP contribution in [0.15, 0.2) is 40.0 Å². The molecule has 2 aromatic rings. The first kappa shape index (κ1) is 22.6. The van der Waals surface area contributed by atoms with Gasteiger partial charge >= 0.3 is 5.88 Å². The van der Waals surface area contributed by atoms with Crippen LogP contribution < -0.4 is 29.7 Å². The van der Waals surface area contributed by atoms with E-state index < -0.39 is 12.2 Å². The lowest BCUT2D eigenvalue weighted by molar-refractivity contribution is -0.759. The van der Waals surface area contributed by atoms with Crippen LogP contribution in [-0.4, -0.2) is 70.1 Å². The molecule has 0 saturated carbocycles. The third-order valence-electron chi connectivity index (χ3n) is 4.44. The van der Waals surface area contributed by atoms with Gasteiger partial charge in [0.2, 0.25) is 5.27 Å². The van der Waals surface area contributed by atoms with Gasteiger partial charge in [-0.2, -0.15) is 4.99 Å². The van der Waals surface area contributed by atoms with E-state index in [-0.39, 0.29) is 18.5 Å². The summed E-state index contributed by atoms with van der Waals surface area (Å²) in [6, 6.07) is 7.49. The number of para-hydroxylation sites is 2. The van der Waals surface area contributed by atoms with Crippen LogP contribution >= 0.6 is 0 Å². The number of ether oxygens (including phenoxy) is 4. The van der Waals surface area contributed by atoms with Crippen LogP contribution in [0.1, 0.15) is 13.8 Å². The van der Waals surface area contributed by atoms with Crippen LogP contribution in [0.25, 0.3) is 0 Å². The number of hydrogen-bond acceptors (Lipinski definition) is 10. The molecule has 1 saturated heterocycles. The highest BCUT2D eigenvalue weighted by Crippen LogP contribution is 2.25. The molecule has 1 aromatic heterocycles. The summed E-state index contributed by atoms with van der Waals surface area (Å²) in [7, 11) is 1.57. The Hall–Kier alpha value is -3.05. The average Bonchev–Trinajstić information content (AvgIpc) is 3.24. The van der Waals surface area contributed by atoms with Gasteiger partial charge in [-0.15, -0.1) is 5.01 Å².